The van der Waals surface area contributed by atoms with Crippen LogP contribution in [-0.4, -0.2) is 58.1 Å². The second kappa shape index (κ2) is 12.3. The third kappa shape index (κ3) is 6.67. The van der Waals surface area contributed by atoms with Gasteiger partial charge in [0.1, 0.15) is 4.32 Å². The summed E-state index contributed by atoms with van der Waals surface area (Å²) in [5.41, 5.74) is 1.29. The van der Waals surface area contributed by atoms with E-state index in [4.69, 9.17) is 17.0 Å². The largest absolute Gasteiger partial charge is 0.465 e. The molecule has 0 bridgehead atoms. The molecule has 1 aromatic rings. The van der Waals surface area contributed by atoms with Crippen LogP contribution in [0.25, 0.3) is 6.08 Å². The number of carbonyl (C=O) groups is 3. The van der Waals surface area contributed by atoms with E-state index in [1.54, 1.807) is 35.2 Å². The molecule has 33 heavy (non-hydrogen) atoms. The van der Waals surface area contributed by atoms with E-state index in [-0.39, 0.29) is 11.8 Å². The molecule has 178 valence electrons. The first-order valence-electron chi connectivity index (χ1n) is 11.7. The lowest BCUT2D eigenvalue weighted by molar-refractivity contribution is -0.135. The van der Waals surface area contributed by atoms with Crippen LogP contribution in [0.2, 0.25) is 0 Å². The van der Waals surface area contributed by atoms with E-state index < -0.39 is 5.97 Å². The van der Waals surface area contributed by atoms with Crippen LogP contribution in [0.15, 0.2) is 29.2 Å². The van der Waals surface area contributed by atoms with E-state index in [0.717, 1.165) is 50.6 Å². The molecule has 0 aliphatic carbocycles. The average molecular weight is 489 g/mol. The fourth-order valence-corrected chi connectivity index (χ4v) is 5.61. The molecule has 0 radical (unpaired) electrons. The van der Waals surface area contributed by atoms with Gasteiger partial charge in [0.15, 0.2) is 0 Å². The number of hydrogen-bond acceptors (Lipinski definition) is 6. The van der Waals surface area contributed by atoms with Gasteiger partial charge in [0.25, 0.3) is 5.91 Å². The number of thioether (sulfide) groups is 1. The highest BCUT2D eigenvalue weighted by atomic mass is 32.2. The zero-order valence-corrected chi connectivity index (χ0v) is 21.0. The van der Waals surface area contributed by atoms with Gasteiger partial charge in [-0.25, -0.2) is 4.79 Å². The molecule has 0 spiro atoms. The Bertz CT molecular complexity index is 913. The molecule has 2 aliphatic rings. The van der Waals surface area contributed by atoms with E-state index in [2.05, 4.69) is 11.8 Å². The fourth-order valence-electron chi connectivity index (χ4n) is 4.30. The standard InChI is InChI=1S/C25H32N2O4S2/c1-3-20-9-6-8-15-26(20)22(28)10-5-4-7-16-27-23(29)21(33-25(27)32)17-18-11-13-19(14-12-18)24(30)31-2/h11-14,17,20H,3-10,15-16H2,1-2H3/b21-17-/t20-/m0/s1. The highest BCUT2D eigenvalue weighted by Crippen LogP contribution is 2.33. The quantitative estimate of drug-likeness (QED) is 0.210. The molecule has 0 aromatic heterocycles. The van der Waals surface area contributed by atoms with Crippen molar-refractivity contribution in [2.45, 2.75) is 64.3 Å². The summed E-state index contributed by atoms with van der Waals surface area (Å²) in [6.45, 7) is 3.62. The predicted molar refractivity (Wildman–Crippen MR) is 136 cm³/mol. The molecule has 2 fully saturated rings. The van der Waals surface area contributed by atoms with E-state index in [9.17, 15) is 14.4 Å². The van der Waals surface area contributed by atoms with Gasteiger partial charge >= 0.3 is 5.97 Å². The lowest BCUT2D eigenvalue weighted by atomic mass is 9.99. The van der Waals surface area contributed by atoms with Crippen molar-refractivity contribution in [1.29, 1.82) is 0 Å². The normalized spacial score (nSPS) is 19.9. The average Bonchev–Trinajstić information content (AvgIpc) is 3.10. The highest BCUT2D eigenvalue weighted by molar-refractivity contribution is 8.26. The van der Waals surface area contributed by atoms with Gasteiger partial charge in [0, 0.05) is 25.6 Å². The molecular weight excluding hydrogens is 456 g/mol. The van der Waals surface area contributed by atoms with E-state index >= 15 is 0 Å². The number of likely N-dealkylation sites (tertiary alicyclic amines) is 1. The molecule has 0 unspecified atom stereocenters. The van der Waals surface area contributed by atoms with E-state index in [0.29, 0.717) is 33.8 Å². The van der Waals surface area contributed by atoms with Crippen LogP contribution in [0, 0.1) is 0 Å². The molecule has 0 N–H and O–H groups in total. The minimum Gasteiger partial charge on any atom is -0.465 e. The number of unbranched alkanes of at least 4 members (excludes halogenated alkanes) is 2. The summed E-state index contributed by atoms with van der Waals surface area (Å²) in [6.07, 6.45) is 9.41. The van der Waals surface area contributed by atoms with Crippen molar-refractivity contribution in [3.63, 3.8) is 0 Å². The Labute approximate surface area is 205 Å². The van der Waals surface area contributed by atoms with E-state index in [1.165, 1.54) is 25.3 Å². The number of thiocarbonyl (C=S) groups is 1. The number of hydrogen-bond donors (Lipinski definition) is 0. The van der Waals surface area contributed by atoms with Gasteiger partial charge in [0.05, 0.1) is 17.6 Å². The molecule has 2 aliphatic heterocycles. The summed E-state index contributed by atoms with van der Waals surface area (Å²) in [6, 6.07) is 7.31. The molecule has 2 amide bonds. The number of rotatable bonds is 9. The van der Waals surface area contributed by atoms with Gasteiger partial charge in [-0.1, -0.05) is 49.5 Å². The summed E-state index contributed by atoms with van der Waals surface area (Å²) in [4.78, 5) is 41.3. The number of carbonyl (C=O) groups excluding carboxylic acids is 3. The Balaban J connectivity index is 1.45. The van der Waals surface area contributed by atoms with Crippen LogP contribution in [0.5, 0.6) is 0 Å². The smallest absolute Gasteiger partial charge is 0.337 e. The van der Waals surface area contributed by atoms with Gasteiger partial charge in [0.2, 0.25) is 5.91 Å². The molecule has 3 rings (SSSR count). The Morgan fingerprint density at radius 1 is 1.18 bits per heavy atom. The van der Waals surface area contributed by atoms with Gasteiger partial charge in [-0.2, -0.15) is 0 Å². The van der Waals surface area contributed by atoms with Gasteiger partial charge in [-0.05, 0) is 62.3 Å². The van der Waals surface area contributed by atoms with Crippen LogP contribution in [0.3, 0.4) is 0 Å². The molecule has 8 heteroatoms. The number of nitrogens with zero attached hydrogens (tertiary/aromatic N) is 2. The van der Waals surface area contributed by atoms with Crippen molar-refractivity contribution in [3.05, 3.63) is 40.3 Å². The maximum absolute atomic E-state index is 12.8. The lowest BCUT2D eigenvalue weighted by Crippen LogP contribution is -2.43. The monoisotopic (exact) mass is 488 g/mol. The van der Waals surface area contributed by atoms with Crippen LogP contribution < -0.4 is 0 Å². The molecule has 2 saturated heterocycles. The van der Waals surface area contributed by atoms with Crippen molar-refractivity contribution in [1.82, 2.24) is 9.80 Å². The van der Waals surface area contributed by atoms with Crippen LogP contribution in [0.4, 0.5) is 0 Å². The second-order valence-corrected chi connectivity index (χ2v) is 10.1. The highest BCUT2D eigenvalue weighted by Gasteiger charge is 2.31. The Hall–Kier alpha value is -2.19. The van der Waals surface area contributed by atoms with Gasteiger partial charge < -0.3 is 9.64 Å². The zero-order valence-electron chi connectivity index (χ0n) is 19.4. The first kappa shape index (κ1) is 25.4. The number of methoxy groups -OCH3 is 1. The fraction of sp³-hybridized carbons (Fsp3) is 0.520. The number of amides is 2. The summed E-state index contributed by atoms with van der Waals surface area (Å²) < 4.78 is 5.27. The number of ether oxygens (including phenoxy) is 1. The second-order valence-electron chi connectivity index (χ2n) is 8.40. The van der Waals surface area contributed by atoms with Gasteiger partial charge in [-0.3, -0.25) is 14.5 Å². The SMILES string of the molecule is CC[C@H]1CCCCN1C(=O)CCCCCN1C(=O)/C(=C/c2ccc(C(=O)OC)cc2)SC1=S. The van der Waals surface area contributed by atoms with Crippen LogP contribution in [0.1, 0.15) is 74.2 Å². The van der Waals surface area contributed by atoms with Crippen molar-refractivity contribution >= 4 is 52.2 Å². The number of benzene rings is 1. The van der Waals surface area contributed by atoms with Gasteiger partial charge in [-0.15, -0.1) is 0 Å². The third-order valence-electron chi connectivity index (χ3n) is 6.19. The van der Waals surface area contributed by atoms with Crippen molar-refractivity contribution < 1.29 is 19.1 Å². The molecule has 0 saturated carbocycles. The summed E-state index contributed by atoms with van der Waals surface area (Å²) in [7, 11) is 1.34. The molecular formula is C25H32N2O4S2. The number of esters is 1. The number of piperidine rings is 1. The first-order chi connectivity index (χ1) is 15.9. The molecule has 1 aromatic carbocycles. The first-order valence-corrected chi connectivity index (χ1v) is 12.9. The summed E-state index contributed by atoms with van der Waals surface area (Å²) >= 11 is 6.72. The summed E-state index contributed by atoms with van der Waals surface area (Å²) in [5, 5.41) is 0. The van der Waals surface area contributed by atoms with Crippen molar-refractivity contribution in [3.8, 4) is 0 Å². The predicted octanol–water partition coefficient (Wildman–Crippen LogP) is 5.03. The minimum atomic E-state index is -0.393. The van der Waals surface area contributed by atoms with Crippen LogP contribution >= 0.6 is 24.0 Å². The maximum atomic E-state index is 12.8. The van der Waals surface area contributed by atoms with Crippen LogP contribution in [-0.2, 0) is 14.3 Å². The third-order valence-corrected chi connectivity index (χ3v) is 7.57. The Morgan fingerprint density at radius 3 is 2.64 bits per heavy atom. The van der Waals surface area contributed by atoms with Crippen molar-refractivity contribution in [2.75, 3.05) is 20.2 Å². The summed E-state index contributed by atoms with van der Waals surface area (Å²) in [5.74, 6) is -0.207. The maximum Gasteiger partial charge on any atom is 0.337 e. The minimum absolute atomic E-state index is 0.0859. The Morgan fingerprint density at radius 2 is 1.94 bits per heavy atom. The van der Waals surface area contributed by atoms with Crippen molar-refractivity contribution in [2.24, 2.45) is 0 Å². The topological polar surface area (TPSA) is 66.9 Å². The molecule has 2 heterocycles. The lowest BCUT2D eigenvalue weighted by Gasteiger charge is -2.35. The molecule has 1 atom stereocenters. The molecule has 6 nitrogen and oxygen atoms in total. The van der Waals surface area contributed by atoms with E-state index in [1.807, 2.05) is 0 Å². The zero-order chi connectivity index (χ0) is 23.8. The Kier molecular flexibility index (Phi) is 9.50.